The van der Waals surface area contributed by atoms with Crippen molar-refractivity contribution in [3.8, 4) is 0 Å². The van der Waals surface area contributed by atoms with E-state index in [1.807, 2.05) is 24.3 Å². The molecule has 0 amide bonds. The van der Waals surface area contributed by atoms with E-state index in [-0.39, 0.29) is 0 Å². The zero-order valence-corrected chi connectivity index (χ0v) is 12.9. The lowest BCUT2D eigenvalue weighted by atomic mass is 10.2. The number of hydrogen-bond donors (Lipinski definition) is 2. The first-order valence-electron chi connectivity index (χ1n) is 6.85. The van der Waals surface area contributed by atoms with Crippen molar-refractivity contribution in [2.45, 2.75) is 12.8 Å². The number of hydrogen-bond acceptors (Lipinski definition) is 2. The minimum atomic E-state index is 0.535. The van der Waals surface area contributed by atoms with Crippen LogP contribution in [0.25, 0.3) is 11.0 Å². The monoisotopic (exact) mass is 319 g/mol. The van der Waals surface area contributed by atoms with Crippen molar-refractivity contribution in [1.82, 2.24) is 9.97 Å². The number of imidazole rings is 1. The fraction of sp³-hybridized carbons (Fsp3) is 0.188. The Balaban J connectivity index is 1.58. The van der Waals surface area contributed by atoms with Gasteiger partial charge in [0.05, 0.1) is 21.1 Å². The maximum atomic E-state index is 6.00. The molecule has 21 heavy (non-hydrogen) atoms. The van der Waals surface area contributed by atoms with Gasteiger partial charge in [0.2, 0.25) is 0 Å². The summed E-state index contributed by atoms with van der Waals surface area (Å²) in [6, 6.07) is 13.8. The van der Waals surface area contributed by atoms with Gasteiger partial charge in [-0.3, -0.25) is 0 Å². The Morgan fingerprint density at radius 2 is 1.81 bits per heavy atom. The molecule has 0 atom stereocenters. The normalized spacial score (nSPS) is 11.0. The van der Waals surface area contributed by atoms with Crippen molar-refractivity contribution in [2.24, 2.45) is 0 Å². The molecular weight excluding hydrogens is 305 g/mol. The number of anilines is 1. The average molecular weight is 320 g/mol. The largest absolute Gasteiger partial charge is 0.385 e. The molecule has 0 unspecified atom stereocenters. The van der Waals surface area contributed by atoms with Crippen LogP contribution in [0.3, 0.4) is 0 Å². The number of para-hydroxylation sites is 1. The Morgan fingerprint density at radius 3 is 2.62 bits per heavy atom. The average Bonchev–Trinajstić information content (AvgIpc) is 2.87. The maximum Gasteiger partial charge on any atom is 0.107 e. The van der Waals surface area contributed by atoms with Gasteiger partial charge in [0.1, 0.15) is 5.82 Å². The molecule has 0 aliphatic rings. The van der Waals surface area contributed by atoms with E-state index in [0.717, 1.165) is 41.9 Å². The number of aromatic nitrogens is 2. The lowest BCUT2D eigenvalue weighted by molar-refractivity contribution is 0.820. The van der Waals surface area contributed by atoms with Crippen LogP contribution >= 0.6 is 23.2 Å². The number of rotatable bonds is 5. The maximum absolute atomic E-state index is 6.00. The second-order valence-corrected chi connectivity index (χ2v) is 5.68. The van der Waals surface area contributed by atoms with Crippen LogP contribution in [0.5, 0.6) is 0 Å². The van der Waals surface area contributed by atoms with Gasteiger partial charge >= 0.3 is 0 Å². The molecule has 0 saturated heterocycles. The van der Waals surface area contributed by atoms with Crippen molar-refractivity contribution in [2.75, 3.05) is 11.9 Å². The van der Waals surface area contributed by atoms with Gasteiger partial charge in [0.15, 0.2) is 0 Å². The summed E-state index contributed by atoms with van der Waals surface area (Å²) in [6.45, 7) is 0.905. The number of nitrogens with zero attached hydrogens (tertiary/aromatic N) is 1. The Hall–Kier alpha value is -1.71. The summed E-state index contributed by atoms with van der Waals surface area (Å²) in [5.41, 5.74) is 2.92. The van der Waals surface area contributed by atoms with Crippen LogP contribution in [-0.4, -0.2) is 16.5 Å². The highest BCUT2D eigenvalue weighted by Gasteiger charge is 2.06. The number of halogens is 2. The van der Waals surface area contributed by atoms with E-state index < -0.39 is 0 Å². The zero-order valence-electron chi connectivity index (χ0n) is 11.4. The van der Waals surface area contributed by atoms with Crippen LogP contribution in [0, 0.1) is 0 Å². The van der Waals surface area contributed by atoms with Crippen molar-refractivity contribution < 1.29 is 0 Å². The Kier molecular flexibility index (Phi) is 4.32. The molecule has 0 radical (unpaired) electrons. The van der Waals surface area contributed by atoms with E-state index in [4.69, 9.17) is 23.2 Å². The third-order valence-electron chi connectivity index (χ3n) is 3.27. The molecule has 0 bridgehead atoms. The van der Waals surface area contributed by atoms with Crippen LogP contribution in [0.2, 0.25) is 10.0 Å². The van der Waals surface area contributed by atoms with Crippen molar-refractivity contribution in [3.63, 3.8) is 0 Å². The molecule has 3 nitrogen and oxygen atoms in total. The second-order valence-electron chi connectivity index (χ2n) is 4.86. The van der Waals surface area contributed by atoms with Crippen molar-refractivity contribution in [1.29, 1.82) is 0 Å². The number of nitrogens with one attached hydrogen (secondary N) is 2. The van der Waals surface area contributed by atoms with E-state index >= 15 is 0 Å². The van der Waals surface area contributed by atoms with Crippen molar-refractivity contribution in [3.05, 3.63) is 58.3 Å². The summed E-state index contributed by atoms with van der Waals surface area (Å²) >= 11 is 12.0. The molecule has 3 rings (SSSR count). The van der Waals surface area contributed by atoms with Crippen LogP contribution in [0.1, 0.15) is 12.2 Å². The quantitative estimate of drug-likeness (QED) is 0.656. The van der Waals surface area contributed by atoms with Crippen LogP contribution in [0.4, 0.5) is 5.69 Å². The summed E-state index contributed by atoms with van der Waals surface area (Å²) < 4.78 is 0. The number of fused-ring (bicyclic) bond motifs is 1. The molecule has 0 aliphatic carbocycles. The standard InChI is InChI=1S/C16H15Cl2N3/c17-12-9-14-15(10-13(12)18)21-16(20-14)7-4-8-19-11-5-2-1-3-6-11/h1-3,5-6,9-10,19H,4,7-8H2,(H,20,21). The molecular formula is C16H15Cl2N3. The lowest BCUT2D eigenvalue weighted by Gasteiger charge is -2.04. The second kappa shape index (κ2) is 6.37. The third-order valence-corrected chi connectivity index (χ3v) is 3.99. The predicted molar refractivity (Wildman–Crippen MR) is 89.4 cm³/mol. The van der Waals surface area contributed by atoms with Gasteiger partial charge in [-0.25, -0.2) is 4.98 Å². The summed E-state index contributed by atoms with van der Waals surface area (Å²) in [7, 11) is 0. The first-order valence-corrected chi connectivity index (χ1v) is 7.60. The van der Waals surface area contributed by atoms with Crippen LogP contribution in [0.15, 0.2) is 42.5 Å². The van der Waals surface area contributed by atoms with Crippen LogP contribution < -0.4 is 5.32 Å². The summed E-state index contributed by atoms with van der Waals surface area (Å²) in [5, 5.41) is 4.46. The first-order chi connectivity index (χ1) is 10.2. The molecule has 0 saturated carbocycles. The SMILES string of the molecule is Clc1cc2nc(CCCNc3ccccc3)[nH]c2cc1Cl. The molecule has 1 aromatic heterocycles. The van der Waals surface area contributed by atoms with E-state index in [0.29, 0.717) is 10.0 Å². The summed E-state index contributed by atoms with van der Waals surface area (Å²) in [4.78, 5) is 7.81. The van der Waals surface area contributed by atoms with Gasteiger partial charge in [0, 0.05) is 18.7 Å². The first kappa shape index (κ1) is 14.2. The zero-order chi connectivity index (χ0) is 14.7. The molecule has 2 aromatic carbocycles. The fourth-order valence-electron chi connectivity index (χ4n) is 2.22. The molecule has 108 valence electrons. The highest BCUT2D eigenvalue weighted by molar-refractivity contribution is 6.42. The predicted octanol–water partition coefficient (Wildman–Crippen LogP) is 4.91. The van der Waals surface area contributed by atoms with Gasteiger partial charge in [-0.1, -0.05) is 41.4 Å². The van der Waals surface area contributed by atoms with E-state index in [1.54, 1.807) is 6.07 Å². The fourth-order valence-corrected chi connectivity index (χ4v) is 2.54. The molecule has 0 aliphatic heterocycles. The van der Waals surface area contributed by atoms with E-state index in [2.05, 4.69) is 27.4 Å². The third kappa shape index (κ3) is 3.49. The smallest absolute Gasteiger partial charge is 0.107 e. The molecule has 1 heterocycles. The number of aryl methyl sites for hydroxylation is 1. The molecule has 0 fully saturated rings. The topological polar surface area (TPSA) is 40.7 Å². The summed E-state index contributed by atoms with van der Waals surface area (Å²) in [6.07, 6.45) is 1.87. The highest BCUT2D eigenvalue weighted by atomic mass is 35.5. The van der Waals surface area contributed by atoms with Gasteiger partial charge in [0.25, 0.3) is 0 Å². The molecule has 5 heteroatoms. The number of benzene rings is 2. The molecule has 3 aromatic rings. The van der Waals surface area contributed by atoms with Crippen LogP contribution in [-0.2, 0) is 6.42 Å². The Bertz CT molecular complexity index is 699. The van der Waals surface area contributed by atoms with Gasteiger partial charge in [-0.05, 0) is 30.7 Å². The lowest BCUT2D eigenvalue weighted by Crippen LogP contribution is -2.03. The minimum Gasteiger partial charge on any atom is -0.385 e. The summed E-state index contributed by atoms with van der Waals surface area (Å²) in [5.74, 6) is 0.957. The highest BCUT2D eigenvalue weighted by Crippen LogP contribution is 2.26. The number of aromatic amines is 1. The van der Waals surface area contributed by atoms with Gasteiger partial charge in [-0.2, -0.15) is 0 Å². The molecule has 0 spiro atoms. The van der Waals surface area contributed by atoms with Gasteiger partial charge in [-0.15, -0.1) is 0 Å². The number of H-pyrrole nitrogens is 1. The van der Waals surface area contributed by atoms with E-state index in [9.17, 15) is 0 Å². The van der Waals surface area contributed by atoms with Gasteiger partial charge < -0.3 is 10.3 Å². The van der Waals surface area contributed by atoms with Crippen molar-refractivity contribution >= 4 is 39.9 Å². The van der Waals surface area contributed by atoms with E-state index in [1.165, 1.54) is 0 Å². The Labute approximate surface area is 133 Å². The minimum absolute atomic E-state index is 0.535. The molecule has 2 N–H and O–H groups in total. The Morgan fingerprint density at radius 1 is 1.05 bits per heavy atom.